The molecular formula is C26H24Cl4N3O+. The zero-order valence-electron chi connectivity index (χ0n) is 18.3. The lowest BCUT2D eigenvalue weighted by atomic mass is 10.1. The van der Waals surface area contributed by atoms with Crippen molar-refractivity contribution in [1.82, 2.24) is 4.57 Å². The fraction of sp³-hybridized carbons (Fsp3) is 0.192. The molecular weight excluding hydrogens is 512 g/mol. The van der Waals surface area contributed by atoms with Gasteiger partial charge in [0.25, 0.3) is 0 Å². The van der Waals surface area contributed by atoms with Crippen LogP contribution in [-0.2, 0) is 24.4 Å². The first-order chi connectivity index (χ1) is 16.5. The molecule has 1 aromatic heterocycles. The van der Waals surface area contributed by atoms with Crippen LogP contribution >= 0.6 is 46.4 Å². The molecule has 0 spiro atoms. The van der Waals surface area contributed by atoms with E-state index in [1.807, 2.05) is 48.8 Å². The minimum Gasteiger partial charge on any atom is -0.381 e. The van der Waals surface area contributed by atoms with E-state index in [1.54, 1.807) is 18.2 Å². The Morgan fingerprint density at radius 1 is 0.882 bits per heavy atom. The fourth-order valence-corrected chi connectivity index (χ4v) is 4.58. The molecule has 0 aliphatic carbocycles. The summed E-state index contributed by atoms with van der Waals surface area (Å²) in [6.07, 6.45) is 5.82. The first kappa shape index (κ1) is 24.9. The first-order valence-electron chi connectivity index (χ1n) is 10.8. The van der Waals surface area contributed by atoms with Gasteiger partial charge in [-0.05, 0) is 42.0 Å². The van der Waals surface area contributed by atoms with Gasteiger partial charge in [-0.25, -0.2) is 9.13 Å². The molecule has 0 aliphatic rings. The highest BCUT2D eigenvalue weighted by molar-refractivity contribution is 6.35. The van der Waals surface area contributed by atoms with Crippen LogP contribution in [0.5, 0.6) is 0 Å². The van der Waals surface area contributed by atoms with Gasteiger partial charge in [-0.1, -0.05) is 76.7 Å². The maximum Gasteiger partial charge on any atom is 0.243 e. The molecule has 4 nitrogen and oxygen atoms in total. The third-order valence-electron chi connectivity index (χ3n) is 5.36. The van der Waals surface area contributed by atoms with Gasteiger partial charge in [0.1, 0.15) is 31.6 Å². The van der Waals surface area contributed by atoms with E-state index in [4.69, 9.17) is 51.1 Å². The van der Waals surface area contributed by atoms with Crippen LogP contribution in [-0.4, -0.2) is 11.1 Å². The van der Waals surface area contributed by atoms with Crippen LogP contribution in [0.4, 0.5) is 5.69 Å². The van der Waals surface area contributed by atoms with E-state index >= 15 is 0 Å². The molecule has 0 saturated carbocycles. The lowest BCUT2D eigenvalue weighted by molar-refractivity contribution is -0.704. The van der Waals surface area contributed by atoms with Gasteiger partial charge in [0, 0.05) is 31.3 Å². The predicted octanol–water partition coefficient (Wildman–Crippen LogP) is 7.46. The van der Waals surface area contributed by atoms with Crippen molar-refractivity contribution < 1.29 is 9.30 Å². The highest BCUT2D eigenvalue weighted by Crippen LogP contribution is 2.30. The van der Waals surface area contributed by atoms with Crippen molar-refractivity contribution in [3.8, 4) is 0 Å². The Morgan fingerprint density at radius 3 is 2.35 bits per heavy atom. The van der Waals surface area contributed by atoms with Gasteiger partial charge in [-0.2, -0.15) is 0 Å². The Morgan fingerprint density at radius 2 is 1.62 bits per heavy atom. The van der Waals surface area contributed by atoms with Crippen LogP contribution in [0.15, 0.2) is 85.5 Å². The van der Waals surface area contributed by atoms with Gasteiger partial charge in [0.15, 0.2) is 0 Å². The number of benzene rings is 3. The van der Waals surface area contributed by atoms with Crippen molar-refractivity contribution in [3.05, 3.63) is 117 Å². The summed E-state index contributed by atoms with van der Waals surface area (Å²) in [6.45, 7) is 2.54. The SMILES string of the molecule is Clc1ccc(COC(C[n+]2ccn(CCNc3ccccc3)c2)c2ccc(Cl)cc2Cl)c(Cl)c1. The summed E-state index contributed by atoms with van der Waals surface area (Å²) >= 11 is 25.0. The van der Waals surface area contributed by atoms with Crippen LogP contribution in [0.1, 0.15) is 17.2 Å². The first-order valence-corrected chi connectivity index (χ1v) is 12.3. The third kappa shape index (κ3) is 6.91. The van der Waals surface area contributed by atoms with Crippen molar-refractivity contribution >= 4 is 52.1 Å². The summed E-state index contributed by atoms with van der Waals surface area (Å²) in [5.74, 6) is 0. The minimum absolute atomic E-state index is 0.306. The second-order valence-corrected chi connectivity index (χ2v) is 9.53. The summed E-state index contributed by atoms with van der Waals surface area (Å²) in [6, 6.07) is 21.0. The molecule has 34 heavy (non-hydrogen) atoms. The number of halogens is 4. The lowest BCUT2D eigenvalue weighted by Crippen LogP contribution is -2.35. The van der Waals surface area contributed by atoms with Crippen molar-refractivity contribution in [3.63, 3.8) is 0 Å². The molecule has 0 aliphatic heterocycles. The molecule has 4 rings (SSSR count). The summed E-state index contributed by atoms with van der Waals surface area (Å²) in [5, 5.41) is 5.72. The number of para-hydroxylation sites is 1. The van der Waals surface area contributed by atoms with Crippen molar-refractivity contribution in [2.45, 2.75) is 25.8 Å². The zero-order valence-corrected chi connectivity index (χ0v) is 21.3. The van der Waals surface area contributed by atoms with E-state index in [-0.39, 0.29) is 6.10 Å². The molecule has 0 radical (unpaired) electrons. The Labute approximate surface area is 219 Å². The van der Waals surface area contributed by atoms with Crippen LogP contribution in [0, 0.1) is 0 Å². The Bertz CT molecular complexity index is 1230. The molecule has 0 fully saturated rings. The van der Waals surface area contributed by atoms with Gasteiger partial charge in [0.05, 0.1) is 13.2 Å². The normalized spacial score (nSPS) is 12.0. The van der Waals surface area contributed by atoms with Gasteiger partial charge in [-0.15, -0.1) is 0 Å². The number of hydrogen-bond acceptors (Lipinski definition) is 2. The number of imidazole rings is 1. The van der Waals surface area contributed by atoms with E-state index in [2.05, 4.69) is 32.9 Å². The zero-order chi connectivity index (χ0) is 23.9. The average molecular weight is 536 g/mol. The molecule has 1 atom stereocenters. The molecule has 0 bridgehead atoms. The van der Waals surface area contributed by atoms with Gasteiger partial charge >= 0.3 is 0 Å². The molecule has 0 saturated heterocycles. The number of ether oxygens (including phenoxy) is 1. The smallest absolute Gasteiger partial charge is 0.243 e. The molecule has 176 valence electrons. The summed E-state index contributed by atoms with van der Waals surface area (Å²) in [4.78, 5) is 0. The maximum atomic E-state index is 6.53. The molecule has 4 aromatic rings. The number of rotatable bonds is 10. The maximum absolute atomic E-state index is 6.53. The topological polar surface area (TPSA) is 30.1 Å². The highest BCUT2D eigenvalue weighted by Gasteiger charge is 2.20. The highest BCUT2D eigenvalue weighted by atomic mass is 35.5. The largest absolute Gasteiger partial charge is 0.381 e. The molecule has 1 unspecified atom stereocenters. The number of anilines is 1. The second-order valence-electron chi connectivity index (χ2n) is 7.84. The number of nitrogens with zero attached hydrogens (tertiary/aromatic N) is 2. The molecule has 0 amide bonds. The number of hydrogen-bond donors (Lipinski definition) is 1. The van der Waals surface area contributed by atoms with Crippen molar-refractivity contribution in [1.29, 1.82) is 0 Å². The summed E-state index contributed by atoms with van der Waals surface area (Å²) in [5.41, 5.74) is 2.83. The quantitative estimate of drug-likeness (QED) is 0.213. The molecule has 1 heterocycles. The van der Waals surface area contributed by atoms with E-state index < -0.39 is 0 Å². The predicted molar refractivity (Wildman–Crippen MR) is 140 cm³/mol. The Balaban J connectivity index is 1.44. The van der Waals surface area contributed by atoms with Crippen LogP contribution in [0.25, 0.3) is 0 Å². The Hall–Kier alpha value is -2.21. The van der Waals surface area contributed by atoms with Gasteiger partial charge < -0.3 is 10.1 Å². The summed E-state index contributed by atoms with van der Waals surface area (Å²) in [7, 11) is 0. The number of aromatic nitrogens is 2. The van der Waals surface area contributed by atoms with E-state index in [0.717, 1.165) is 29.9 Å². The van der Waals surface area contributed by atoms with Crippen LogP contribution in [0.3, 0.4) is 0 Å². The van der Waals surface area contributed by atoms with Gasteiger partial charge in [-0.3, -0.25) is 0 Å². The second kappa shape index (κ2) is 12.0. The fourth-order valence-electron chi connectivity index (χ4n) is 3.59. The molecule has 3 aromatic carbocycles. The Kier molecular flexibility index (Phi) is 8.76. The van der Waals surface area contributed by atoms with Crippen molar-refractivity contribution in [2.75, 3.05) is 11.9 Å². The van der Waals surface area contributed by atoms with E-state index in [9.17, 15) is 0 Å². The lowest BCUT2D eigenvalue weighted by Gasteiger charge is -2.19. The number of nitrogens with one attached hydrogen (secondary N) is 1. The van der Waals surface area contributed by atoms with Gasteiger partial charge in [0.2, 0.25) is 6.33 Å². The summed E-state index contributed by atoms with van der Waals surface area (Å²) < 4.78 is 10.5. The van der Waals surface area contributed by atoms with Crippen LogP contribution in [0.2, 0.25) is 20.1 Å². The minimum atomic E-state index is -0.306. The van der Waals surface area contributed by atoms with Crippen LogP contribution < -0.4 is 9.88 Å². The molecule has 8 heteroatoms. The molecule has 1 N–H and O–H groups in total. The third-order valence-corrected chi connectivity index (χ3v) is 6.51. The average Bonchev–Trinajstić information content (AvgIpc) is 3.26. The monoisotopic (exact) mass is 534 g/mol. The van der Waals surface area contributed by atoms with E-state index in [1.165, 1.54) is 0 Å². The van der Waals surface area contributed by atoms with E-state index in [0.29, 0.717) is 33.2 Å². The standard InChI is InChI=1S/C26H24Cl4N3O/c27-20-7-6-19(24(29)14-20)17-34-26(23-9-8-21(28)15-25(23)30)16-33-13-12-32(18-33)11-10-31-22-4-2-1-3-5-22/h1-9,12-15,18,26,31H,10-11,16-17H2/q+1. The van der Waals surface area contributed by atoms with Crippen molar-refractivity contribution in [2.24, 2.45) is 0 Å².